The van der Waals surface area contributed by atoms with Crippen molar-refractivity contribution in [2.75, 3.05) is 0 Å². The summed E-state index contributed by atoms with van der Waals surface area (Å²) >= 11 is 0. The zero-order valence-corrected chi connectivity index (χ0v) is 14.1. The van der Waals surface area contributed by atoms with Crippen molar-refractivity contribution in [2.45, 2.75) is 38.0 Å². The molecule has 0 nitrogen and oxygen atoms in total. The maximum Gasteiger partial charge on any atom is -0.0162 e. The predicted octanol–water partition coefficient (Wildman–Crippen LogP) is 7.07. The van der Waals surface area contributed by atoms with Crippen LogP contribution in [0.15, 0.2) is 78.9 Å². The SMILES string of the molecule is c1ccc(-c2cccc(-c3cccc(C4CCCCC4)c3)c2)cc1. The Balaban J connectivity index is 1.66. The molecule has 0 heteroatoms. The summed E-state index contributed by atoms with van der Waals surface area (Å²) in [5, 5.41) is 0. The van der Waals surface area contributed by atoms with Gasteiger partial charge in [-0.15, -0.1) is 0 Å². The lowest BCUT2D eigenvalue weighted by molar-refractivity contribution is 0.444. The van der Waals surface area contributed by atoms with Gasteiger partial charge < -0.3 is 0 Å². The van der Waals surface area contributed by atoms with Crippen LogP contribution in [0.25, 0.3) is 22.3 Å². The molecule has 4 rings (SSSR count). The molecule has 0 N–H and O–H groups in total. The Morgan fingerprint density at radius 1 is 0.500 bits per heavy atom. The van der Waals surface area contributed by atoms with Gasteiger partial charge in [0.25, 0.3) is 0 Å². The van der Waals surface area contributed by atoms with Crippen LogP contribution in [0.4, 0.5) is 0 Å². The van der Waals surface area contributed by atoms with Crippen molar-refractivity contribution in [3.8, 4) is 22.3 Å². The number of benzene rings is 3. The molecule has 3 aromatic rings. The Kier molecular flexibility index (Phi) is 4.46. The van der Waals surface area contributed by atoms with E-state index in [0.29, 0.717) is 0 Å². The van der Waals surface area contributed by atoms with Crippen LogP contribution in [0, 0.1) is 0 Å². The maximum absolute atomic E-state index is 2.42. The highest BCUT2D eigenvalue weighted by Gasteiger charge is 2.15. The van der Waals surface area contributed by atoms with E-state index in [4.69, 9.17) is 0 Å². The summed E-state index contributed by atoms with van der Waals surface area (Å²) in [4.78, 5) is 0. The van der Waals surface area contributed by atoms with E-state index >= 15 is 0 Å². The van der Waals surface area contributed by atoms with Crippen LogP contribution < -0.4 is 0 Å². The van der Waals surface area contributed by atoms with Crippen molar-refractivity contribution in [1.29, 1.82) is 0 Å². The van der Waals surface area contributed by atoms with Gasteiger partial charge in [-0.05, 0) is 52.6 Å². The summed E-state index contributed by atoms with van der Waals surface area (Å²) in [6.07, 6.45) is 6.90. The minimum Gasteiger partial charge on any atom is -0.0622 e. The number of hydrogen-bond acceptors (Lipinski definition) is 0. The first-order valence-electron chi connectivity index (χ1n) is 9.16. The van der Waals surface area contributed by atoms with Gasteiger partial charge >= 0.3 is 0 Å². The van der Waals surface area contributed by atoms with Gasteiger partial charge in [0.2, 0.25) is 0 Å². The van der Waals surface area contributed by atoms with Crippen LogP contribution in [0.2, 0.25) is 0 Å². The van der Waals surface area contributed by atoms with E-state index in [1.54, 1.807) is 0 Å². The van der Waals surface area contributed by atoms with E-state index < -0.39 is 0 Å². The molecule has 1 saturated carbocycles. The van der Waals surface area contributed by atoms with Gasteiger partial charge in [0.15, 0.2) is 0 Å². The average molecular weight is 312 g/mol. The summed E-state index contributed by atoms with van der Waals surface area (Å²) in [6, 6.07) is 28.8. The molecule has 0 atom stereocenters. The Morgan fingerprint density at radius 2 is 1.08 bits per heavy atom. The molecule has 3 aromatic carbocycles. The molecule has 0 aliphatic heterocycles. The molecule has 120 valence electrons. The van der Waals surface area contributed by atoms with Crippen LogP contribution in [-0.2, 0) is 0 Å². The molecule has 0 saturated heterocycles. The Morgan fingerprint density at radius 3 is 1.83 bits per heavy atom. The number of hydrogen-bond donors (Lipinski definition) is 0. The molecule has 0 unspecified atom stereocenters. The van der Waals surface area contributed by atoms with Crippen LogP contribution in [-0.4, -0.2) is 0 Å². The van der Waals surface area contributed by atoms with Crippen molar-refractivity contribution in [3.63, 3.8) is 0 Å². The minimum atomic E-state index is 0.760. The van der Waals surface area contributed by atoms with E-state index in [-0.39, 0.29) is 0 Å². The average Bonchev–Trinajstić information content (AvgIpc) is 2.70. The van der Waals surface area contributed by atoms with Gasteiger partial charge in [-0.2, -0.15) is 0 Å². The Bertz CT molecular complexity index is 795. The van der Waals surface area contributed by atoms with Gasteiger partial charge in [-0.1, -0.05) is 92.1 Å². The lowest BCUT2D eigenvalue weighted by Gasteiger charge is -2.22. The lowest BCUT2D eigenvalue weighted by Crippen LogP contribution is -2.04. The molecule has 1 aliphatic rings. The molecule has 0 bridgehead atoms. The van der Waals surface area contributed by atoms with Gasteiger partial charge in [0, 0.05) is 0 Å². The fraction of sp³-hybridized carbons (Fsp3) is 0.250. The second-order valence-electron chi connectivity index (χ2n) is 6.91. The number of rotatable bonds is 3. The molecule has 1 aliphatic carbocycles. The third-order valence-electron chi connectivity index (χ3n) is 5.27. The van der Waals surface area contributed by atoms with Gasteiger partial charge in [0.1, 0.15) is 0 Å². The van der Waals surface area contributed by atoms with Crippen LogP contribution in [0.5, 0.6) is 0 Å². The lowest BCUT2D eigenvalue weighted by atomic mass is 9.83. The van der Waals surface area contributed by atoms with Crippen LogP contribution >= 0.6 is 0 Å². The third-order valence-corrected chi connectivity index (χ3v) is 5.27. The van der Waals surface area contributed by atoms with E-state index in [9.17, 15) is 0 Å². The molecule has 0 aromatic heterocycles. The minimum absolute atomic E-state index is 0.760. The van der Waals surface area contributed by atoms with E-state index in [1.165, 1.54) is 59.9 Å². The zero-order valence-electron chi connectivity index (χ0n) is 14.1. The topological polar surface area (TPSA) is 0 Å². The molecular formula is C24H24. The molecule has 1 fully saturated rings. The quantitative estimate of drug-likeness (QED) is 0.485. The van der Waals surface area contributed by atoms with Crippen molar-refractivity contribution in [2.24, 2.45) is 0 Å². The van der Waals surface area contributed by atoms with Crippen LogP contribution in [0.3, 0.4) is 0 Å². The highest BCUT2D eigenvalue weighted by Crippen LogP contribution is 2.35. The summed E-state index contributed by atoms with van der Waals surface area (Å²) in [5.41, 5.74) is 6.75. The van der Waals surface area contributed by atoms with E-state index in [2.05, 4.69) is 78.9 Å². The van der Waals surface area contributed by atoms with E-state index in [0.717, 1.165) is 5.92 Å². The molecule has 0 heterocycles. The van der Waals surface area contributed by atoms with Gasteiger partial charge in [0.05, 0.1) is 0 Å². The second kappa shape index (κ2) is 7.05. The third kappa shape index (κ3) is 3.28. The Labute approximate surface area is 145 Å². The van der Waals surface area contributed by atoms with Gasteiger partial charge in [-0.25, -0.2) is 0 Å². The molecule has 0 spiro atoms. The smallest absolute Gasteiger partial charge is 0.0162 e. The maximum atomic E-state index is 2.42. The first-order valence-corrected chi connectivity index (χ1v) is 9.16. The normalized spacial score (nSPS) is 15.3. The van der Waals surface area contributed by atoms with Crippen molar-refractivity contribution in [3.05, 3.63) is 84.4 Å². The second-order valence-corrected chi connectivity index (χ2v) is 6.91. The highest BCUT2D eigenvalue weighted by molar-refractivity contribution is 5.73. The van der Waals surface area contributed by atoms with Crippen molar-refractivity contribution < 1.29 is 0 Å². The summed E-state index contributed by atoms with van der Waals surface area (Å²) in [6.45, 7) is 0. The van der Waals surface area contributed by atoms with E-state index in [1.807, 2.05) is 0 Å². The van der Waals surface area contributed by atoms with Crippen LogP contribution in [0.1, 0.15) is 43.6 Å². The summed E-state index contributed by atoms with van der Waals surface area (Å²) in [7, 11) is 0. The molecular weight excluding hydrogens is 288 g/mol. The summed E-state index contributed by atoms with van der Waals surface area (Å²) < 4.78 is 0. The molecule has 0 amide bonds. The monoisotopic (exact) mass is 312 g/mol. The largest absolute Gasteiger partial charge is 0.0622 e. The first-order chi connectivity index (χ1) is 11.9. The zero-order chi connectivity index (χ0) is 16.2. The molecule has 24 heavy (non-hydrogen) atoms. The van der Waals surface area contributed by atoms with Crippen molar-refractivity contribution in [1.82, 2.24) is 0 Å². The fourth-order valence-corrected chi connectivity index (χ4v) is 3.92. The van der Waals surface area contributed by atoms with Crippen molar-refractivity contribution >= 4 is 0 Å². The predicted molar refractivity (Wildman–Crippen MR) is 103 cm³/mol. The Hall–Kier alpha value is -2.34. The summed E-state index contributed by atoms with van der Waals surface area (Å²) in [5.74, 6) is 0.760. The highest BCUT2D eigenvalue weighted by atomic mass is 14.2. The fourth-order valence-electron chi connectivity index (χ4n) is 3.92. The van der Waals surface area contributed by atoms with Gasteiger partial charge in [-0.3, -0.25) is 0 Å². The first kappa shape index (κ1) is 15.2. The molecule has 0 radical (unpaired) electrons. The standard InChI is InChI=1S/C24H24/c1-3-9-19(10-4-1)21-13-7-15-23(17-21)24-16-8-14-22(18-24)20-11-5-2-6-12-20/h1,3-4,7-10,13-18,20H,2,5-6,11-12H2.